The van der Waals surface area contributed by atoms with Crippen molar-refractivity contribution in [3.8, 4) is 11.4 Å². The summed E-state index contributed by atoms with van der Waals surface area (Å²) in [5.41, 5.74) is 4.08. The summed E-state index contributed by atoms with van der Waals surface area (Å²) in [6, 6.07) is 15.7. The molecule has 6 heteroatoms. The van der Waals surface area contributed by atoms with Crippen molar-refractivity contribution in [3.05, 3.63) is 65.5 Å². The molecule has 1 N–H and O–H groups in total. The van der Waals surface area contributed by atoms with Crippen LogP contribution < -0.4 is 5.32 Å². The van der Waals surface area contributed by atoms with Crippen LogP contribution in [0.25, 0.3) is 11.4 Å². The average Bonchev–Trinajstić information content (AvgIpc) is 3.15. The third kappa shape index (κ3) is 5.27. The van der Waals surface area contributed by atoms with Crippen LogP contribution in [-0.4, -0.2) is 41.1 Å². The van der Waals surface area contributed by atoms with E-state index in [-0.39, 0.29) is 5.91 Å². The average molecular weight is 378 g/mol. The van der Waals surface area contributed by atoms with Crippen molar-refractivity contribution in [2.24, 2.45) is 0 Å². The first-order valence-corrected chi connectivity index (χ1v) is 9.45. The van der Waals surface area contributed by atoms with E-state index in [1.54, 1.807) is 0 Å². The first kappa shape index (κ1) is 19.8. The fourth-order valence-electron chi connectivity index (χ4n) is 2.96. The summed E-state index contributed by atoms with van der Waals surface area (Å²) in [7, 11) is 1.94. The minimum Gasteiger partial charge on any atom is -0.339 e. The maximum Gasteiger partial charge on any atom is 0.238 e. The molecule has 28 heavy (non-hydrogen) atoms. The molecule has 3 aromatic rings. The molecule has 0 spiro atoms. The lowest BCUT2D eigenvalue weighted by molar-refractivity contribution is -0.117. The number of aryl methyl sites for hydroxylation is 2. The molecule has 1 heterocycles. The number of rotatable bonds is 8. The molecule has 2 aromatic carbocycles. The minimum absolute atomic E-state index is 0.0136. The van der Waals surface area contributed by atoms with Gasteiger partial charge in [0.2, 0.25) is 17.6 Å². The van der Waals surface area contributed by atoms with Gasteiger partial charge in [-0.25, -0.2) is 0 Å². The fraction of sp³-hybridized carbons (Fsp3) is 0.318. The second-order valence-corrected chi connectivity index (χ2v) is 7.01. The van der Waals surface area contributed by atoms with E-state index in [1.807, 2.05) is 74.3 Å². The molecule has 1 aromatic heterocycles. The molecule has 0 aliphatic carbocycles. The van der Waals surface area contributed by atoms with Crippen LogP contribution in [0.2, 0.25) is 0 Å². The molecule has 146 valence electrons. The Bertz CT molecular complexity index is 921. The zero-order valence-electron chi connectivity index (χ0n) is 16.6. The summed E-state index contributed by atoms with van der Waals surface area (Å²) in [4.78, 5) is 18.7. The number of carbonyl (C=O) groups excluding carboxylic acids is 1. The number of likely N-dealkylation sites (N-methyl/N-ethyl adjacent to an activating group) is 1. The molecule has 3 rings (SSSR count). The van der Waals surface area contributed by atoms with Crippen LogP contribution in [-0.2, 0) is 11.2 Å². The van der Waals surface area contributed by atoms with Gasteiger partial charge in [0.1, 0.15) is 0 Å². The van der Waals surface area contributed by atoms with Gasteiger partial charge in [0.15, 0.2) is 0 Å². The summed E-state index contributed by atoms with van der Waals surface area (Å²) >= 11 is 0. The van der Waals surface area contributed by atoms with Crippen LogP contribution in [0.5, 0.6) is 0 Å². The van der Waals surface area contributed by atoms with Gasteiger partial charge in [-0.2, -0.15) is 4.98 Å². The monoisotopic (exact) mass is 378 g/mol. The van der Waals surface area contributed by atoms with E-state index in [1.165, 1.54) is 5.56 Å². The van der Waals surface area contributed by atoms with Crippen LogP contribution in [0, 0.1) is 13.8 Å². The lowest BCUT2D eigenvalue weighted by atomic mass is 10.1. The predicted molar refractivity (Wildman–Crippen MR) is 110 cm³/mol. The maximum atomic E-state index is 12.3. The summed E-state index contributed by atoms with van der Waals surface area (Å²) < 4.78 is 5.33. The fourth-order valence-corrected chi connectivity index (χ4v) is 2.96. The number of nitrogens with one attached hydrogen (secondary N) is 1. The van der Waals surface area contributed by atoms with Crippen molar-refractivity contribution in [1.29, 1.82) is 0 Å². The van der Waals surface area contributed by atoms with E-state index in [9.17, 15) is 4.79 Å². The van der Waals surface area contributed by atoms with E-state index in [2.05, 4.69) is 15.5 Å². The Kier molecular flexibility index (Phi) is 6.55. The van der Waals surface area contributed by atoms with Crippen LogP contribution >= 0.6 is 0 Å². The van der Waals surface area contributed by atoms with Crippen molar-refractivity contribution in [1.82, 2.24) is 15.0 Å². The number of aromatic nitrogens is 2. The van der Waals surface area contributed by atoms with E-state index in [0.29, 0.717) is 24.7 Å². The number of amides is 1. The van der Waals surface area contributed by atoms with Gasteiger partial charge in [-0.05, 0) is 51.1 Å². The van der Waals surface area contributed by atoms with Gasteiger partial charge in [-0.15, -0.1) is 0 Å². The first-order chi connectivity index (χ1) is 13.5. The summed E-state index contributed by atoms with van der Waals surface area (Å²) in [5, 5.41) is 7.02. The molecular formula is C22H26N4O2. The number of hydrogen-bond acceptors (Lipinski definition) is 5. The van der Waals surface area contributed by atoms with Gasteiger partial charge in [0.05, 0.1) is 6.54 Å². The molecule has 0 saturated heterocycles. The molecule has 0 aliphatic rings. The van der Waals surface area contributed by atoms with Gasteiger partial charge in [-0.1, -0.05) is 47.6 Å². The van der Waals surface area contributed by atoms with Crippen molar-refractivity contribution < 1.29 is 9.32 Å². The normalized spacial score (nSPS) is 11.0. The molecule has 0 radical (unpaired) electrons. The zero-order chi connectivity index (χ0) is 19.9. The molecule has 0 unspecified atom stereocenters. The standard InChI is InChI=1S/C22H26N4O2/c1-16-9-7-12-19(17(16)2)23-20(27)15-26(3)14-8-13-21-24-22(25-28-21)18-10-5-4-6-11-18/h4-7,9-12H,8,13-15H2,1-3H3,(H,23,27). The lowest BCUT2D eigenvalue weighted by Gasteiger charge is -2.16. The Balaban J connectivity index is 1.43. The zero-order valence-corrected chi connectivity index (χ0v) is 16.6. The Morgan fingerprint density at radius 2 is 1.89 bits per heavy atom. The number of anilines is 1. The Morgan fingerprint density at radius 1 is 1.11 bits per heavy atom. The van der Waals surface area contributed by atoms with E-state index in [4.69, 9.17) is 4.52 Å². The highest BCUT2D eigenvalue weighted by Crippen LogP contribution is 2.18. The molecular weight excluding hydrogens is 352 g/mol. The molecule has 0 aliphatic heterocycles. The quantitative estimate of drug-likeness (QED) is 0.644. The highest BCUT2D eigenvalue weighted by Gasteiger charge is 2.11. The summed E-state index contributed by atoms with van der Waals surface area (Å²) in [5.74, 6) is 1.21. The minimum atomic E-state index is -0.0136. The predicted octanol–water partition coefficient (Wildman–Crippen LogP) is 3.86. The van der Waals surface area contributed by atoms with E-state index < -0.39 is 0 Å². The Morgan fingerprint density at radius 3 is 2.68 bits per heavy atom. The number of benzene rings is 2. The van der Waals surface area contributed by atoms with Crippen LogP contribution in [0.1, 0.15) is 23.4 Å². The third-order valence-electron chi connectivity index (χ3n) is 4.72. The van der Waals surface area contributed by atoms with E-state index >= 15 is 0 Å². The maximum absolute atomic E-state index is 12.3. The van der Waals surface area contributed by atoms with Crippen LogP contribution in [0.15, 0.2) is 53.1 Å². The number of hydrogen-bond donors (Lipinski definition) is 1. The van der Waals surface area contributed by atoms with Crippen molar-refractivity contribution in [3.63, 3.8) is 0 Å². The van der Waals surface area contributed by atoms with Gasteiger partial charge < -0.3 is 9.84 Å². The van der Waals surface area contributed by atoms with Crippen molar-refractivity contribution in [2.75, 3.05) is 25.5 Å². The van der Waals surface area contributed by atoms with Crippen LogP contribution in [0.4, 0.5) is 5.69 Å². The lowest BCUT2D eigenvalue weighted by Crippen LogP contribution is -2.31. The highest BCUT2D eigenvalue weighted by atomic mass is 16.5. The molecule has 0 saturated carbocycles. The van der Waals surface area contributed by atoms with Crippen LogP contribution in [0.3, 0.4) is 0 Å². The largest absolute Gasteiger partial charge is 0.339 e. The van der Waals surface area contributed by atoms with Crippen molar-refractivity contribution in [2.45, 2.75) is 26.7 Å². The number of carbonyl (C=O) groups is 1. The molecule has 6 nitrogen and oxygen atoms in total. The Hall–Kier alpha value is -2.99. The van der Waals surface area contributed by atoms with Gasteiger partial charge in [0.25, 0.3) is 0 Å². The first-order valence-electron chi connectivity index (χ1n) is 9.45. The Labute approximate surface area is 165 Å². The number of nitrogens with zero attached hydrogens (tertiary/aromatic N) is 3. The molecule has 0 fully saturated rings. The van der Waals surface area contributed by atoms with Gasteiger partial charge >= 0.3 is 0 Å². The van der Waals surface area contributed by atoms with Crippen molar-refractivity contribution >= 4 is 11.6 Å². The SMILES string of the molecule is Cc1cccc(NC(=O)CN(C)CCCc2nc(-c3ccccc3)no2)c1C. The molecule has 0 bridgehead atoms. The molecule has 0 atom stereocenters. The summed E-state index contributed by atoms with van der Waals surface area (Å²) in [6.07, 6.45) is 1.52. The highest BCUT2D eigenvalue weighted by molar-refractivity contribution is 5.93. The molecule has 1 amide bonds. The summed E-state index contributed by atoms with van der Waals surface area (Å²) in [6.45, 7) is 5.16. The van der Waals surface area contributed by atoms with Gasteiger partial charge in [0, 0.05) is 17.7 Å². The van der Waals surface area contributed by atoms with Gasteiger partial charge in [-0.3, -0.25) is 9.69 Å². The second-order valence-electron chi connectivity index (χ2n) is 7.01. The topological polar surface area (TPSA) is 71.3 Å². The second kappa shape index (κ2) is 9.28. The smallest absolute Gasteiger partial charge is 0.238 e. The third-order valence-corrected chi connectivity index (χ3v) is 4.72. The van der Waals surface area contributed by atoms with E-state index in [0.717, 1.165) is 29.8 Å².